The Morgan fingerprint density at radius 3 is 1.81 bits per heavy atom. The molecule has 0 aromatic heterocycles. The largest absolute Gasteiger partial charge is 0.481 e. The molecule has 0 radical (unpaired) electrons. The monoisotopic (exact) mass is 448 g/mol. The van der Waals surface area contributed by atoms with Gasteiger partial charge in [0.05, 0.1) is 11.3 Å². The van der Waals surface area contributed by atoms with Crippen LogP contribution in [0.2, 0.25) is 0 Å². The van der Waals surface area contributed by atoms with Crippen LogP contribution < -0.4 is 0 Å². The molecule has 0 aliphatic carbocycles. The molecule has 6 unspecified atom stereocenters. The highest BCUT2D eigenvalue weighted by molar-refractivity contribution is 9.09. The molecule has 2 N–H and O–H groups in total. The van der Waals surface area contributed by atoms with Gasteiger partial charge in [-0.3, -0.25) is 14.4 Å². The number of carbonyl (C=O) groups is 3. The van der Waals surface area contributed by atoms with Gasteiger partial charge in [0.2, 0.25) is 0 Å². The summed E-state index contributed by atoms with van der Waals surface area (Å²) in [5, 5.41) is 19.6. The number of ketones is 1. The number of hydrogen-bond acceptors (Lipinski definition) is 3. The SMILES string of the molecule is CCC(=O)C(C)(C)C(C)C(C)(CC(C)C(C)C(CC(C)Br)C(=O)O)C(=O)O. The van der Waals surface area contributed by atoms with Gasteiger partial charge in [0.1, 0.15) is 5.78 Å². The summed E-state index contributed by atoms with van der Waals surface area (Å²) >= 11 is 3.42. The maximum atomic E-state index is 12.4. The van der Waals surface area contributed by atoms with E-state index in [0.29, 0.717) is 19.3 Å². The summed E-state index contributed by atoms with van der Waals surface area (Å²) in [5.74, 6) is -2.98. The van der Waals surface area contributed by atoms with Gasteiger partial charge in [-0.05, 0) is 37.5 Å². The Kier molecular flexibility index (Phi) is 9.70. The van der Waals surface area contributed by atoms with Crippen molar-refractivity contribution in [1.82, 2.24) is 0 Å². The van der Waals surface area contributed by atoms with Gasteiger partial charge in [-0.25, -0.2) is 0 Å². The molecular weight excluding hydrogens is 412 g/mol. The molecule has 0 heterocycles. The fourth-order valence-corrected chi connectivity index (χ4v) is 4.49. The van der Waals surface area contributed by atoms with Crippen LogP contribution in [-0.4, -0.2) is 32.8 Å². The van der Waals surface area contributed by atoms with Crippen molar-refractivity contribution in [1.29, 1.82) is 0 Å². The molecule has 158 valence electrons. The van der Waals surface area contributed by atoms with E-state index in [0.717, 1.165) is 0 Å². The lowest BCUT2D eigenvalue weighted by Gasteiger charge is -2.43. The minimum Gasteiger partial charge on any atom is -0.481 e. The zero-order valence-electron chi connectivity index (χ0n) is 18.0. The zero-order valence-corrected chi connectivity index (χ0v) is 19.6. The second kappa shape index (κ2) is 10.0. The topological polar surface area (TPSA) is 91.7 Å². The van der Waals surface area contributed by atoms with Crippen LogP contribution in [0, 0.1) is 34.5 Å². The number of rotatable bonds is 12. The lowest BCUT2D eigenvalue weighted by atomic mass is 9.59. The second-order valence-corrected chi connectivity index (χ2v) is 10.5. The molecule has 0 saturated carbocycles. The van der Waals surface area contributed by atoms with E-state index in [-0.39, 0.29) is 28.4 Å². The Labute approximate surface area is 172 Å². The third kappa shape index (κ3) is 6.30. The summed E-state index contributed by atoms with van der Waals surface area (Å²) in [4.78, 5) is 36.4. The third-order valence-corrected chi connectivity index (χ3v) is 7.11. The van der Waals surface area contributed by atoms with Crippen LogP contribution >= 0.6 is 15.9 Å². The van der Waals surface area contributed by atoms with Gasteiger partial charge in [-0.15, -0.1) is 0 Å². The van der Waals surface area contributed by atoms with Gasteiger partial charge in [-0.2, -0.15) is 0 Å². The van der Waals surface area contributed by atoms with Crippen LogP contribution in [0.1, 0.15) is 74.7 Å². The first-order valence-electron chi connectivity index (χ1n) is 9.76. The van der Waals surface area contributed by atoms with E-state index < -0.39 is 28.7 Å². The number of carboxylic acid groups (broad SMARTS) is 2. The third-order valence-electron chi connectivity index (χ3n) is 6.74. The average Bonchev–Trinajstić information content (AvgIpc) is 2.56. The van der Waals surface area contributed by atoms with E-state index in [4.69, 9.17) is 0 Å². The zero-order chi connectivity index (χ0) is 21.7. The van der Waals surface area contributed by atoms with Gasteiger partial charge < -0.3 is 10.2 Å². The Hall–Kier alpha value is -0.910. The second-order valence-electron chi connectivity index (χ2n) is 8.94. The molecule has 0 fully saturated rings. The molecule has 0 aliphatic heterocycles. The van der Waals surface area contributed by atoms with Crippen molar-refractivity contribution in [3.05, 3.63) is 0 Å². The first-order chi connectivity index (χ1) is 12.1. The Morgan fingerprint density at radius 2 is 1.48 bits per heavy atom. The molecule has 0 aromatic rings. The lowest BCUT2D eigenvalue weighted by Crippen LogP contribution is -2.47. The predicted octanol–water partition coefficient (Wildman–Crippen LogP) is 5.26. The van der Waals surface area contributed by atoms with Crippen molar-refractivity contribution < 1.29 is 24.6 Å². The smallest absolute Gasteiger partial charge is 0.309 e. The maximum Gasteiger partial charge on any atom is 0.309 e. The van der Waals surface area contributed by atoms with Gasteiger partial charge in [0.15, 0.2) is 0 Å². The molecule has 0 saturated heterocycles. The number of halogens is 1. The van der Waals surface area contributed by atoms with Crippen molar-refractivity contribution in [3.63, 3.8) is 0 Å². The normalized spacial score (nSPS) is 20.0. The number of Topliss-reactive ketones (excluding diaryl/α,β-unsaturated/α-hetero) is 1. The van der Waals surface area contributed by atoms with E-state index in [9.17, 15) is 24.6 Å². The number of aliphatic carboxylic acids is 2. The highest BCUT2D eigenvalue weighted by atomic mass is 79.9. The van der Waals surface area contributed by atoms with Crippen molar-refractivity contribution in [2.75, 3.05) is 0 Å². The minimum absolute atomic E-state index is 0.0414. The molecule has 6 heteroatoms. The van der Waals surface area contributed by atoms with Crippen molar-refractivity contribution in [2.24, 2.45) is 34.5 Å². The Morgan fingerprint density at radius 1 is 1.00 bits per heavy atom. The lowest BCUT2D eigenvalue weighted by molar-refractivity contribution is -0.158. The summed E-state index contributed by atoms with van der Waals surface area (Å²) in [7, 11) is 0. The molecule has 6 atom stereocenters. The van der Waals surface area contributed by atoms with Crippen LogP contribution in [0.4, 0.5) is 0 Å². The minimum atomic E-state index is -1.12. The van der Waals surface area contributed by atoms with Gasteiger partial charge in [-0.1, -0.05) is 64.4 Å². The van der Waals surface area contributed by atoms with E-state index >= 15 is 0 Å². The first kappa shape index (κ1) is 26.1. The van der Waals surface area contributed by atoms with Crippen molar-refractivity contribution in [3.8, 4) is 0 Å². The molecule has 0 spiro atoms. The summed E-state index contributed by atoms with van der Waals surface area (Å²) in [6.45, 7) is 14.6. The van der Waals surface area contributed by atoms with E-state index in [1.165, 1.54) is 0 Å². The summed E-state index contributed by atoms with van der Waals surface area (Å²) in [6, 6.07) is 0. The van der Waals surface area contributed by atoms with Gasteiger partial charge in [0.25, 0.3) is 0 Å². The summed E-state index contributed by atoms with van der Waals surface area (Å²) < 4.78 is 0. The van der Waals surface area contributed by atoms with E-state index in [1.54, 1.807) is 13.8 Å². The maximum absolute atomic E-state index is 12.4. The van der Waals surface area contributed by atoms with Gasteiger partial charge in [0, 0.05) is 16.7 Å². The fourth-order valence-electron chi connectivity index (χ4n) is 4.08. The molecule has 27 heavy (non-hydrogen) atoms. The fraction of sp³-hybridized carbons (Fsp3) is 0.857. The van der Waals surface area contributed by atoms with Crippen LogP contribution in [-0.2, 0) is 14.4 Å². The molecule has 0 aromatic carbocycles. The highest BCUT2D eigenvalue weighted by Gasteiger charge is 2.49. The number of carbonyl (C=O) groups excluding carboxylic acids is 1. The number of carboxylic acids is 2. The molecule has 0 aliphatic rings. The number of alkyl halides is 1. The molecule has 0 rings (SSSR count). The summed E-state index contributed by atoms with van der Waals surface area (Å²) in [6.07, 6.45) is 1.18. The summed E-state index contributed by atoms with van der Waals surface area (Å²) in [5.41, 5.74) is -1.88. The first-order valence-corrected chi connectivity index (χ1v) is 10.7. The molecule has 0 amide bonds. The van der Waals surface area contributed by atoms with Crippen LogP contribution in [0.3, 0.4) is 0 Å². The van der Waals surface area contributed by atoms with Crippen LogP contribution in [0.15, 0.2) is 0 Å². The van der Waals surface area contributed by atoms with Gasteiger partial charge >= 0.3 is 11.9 Å². The molecule has 5 nitrogen and oxygen atoms in total. The standard InChI is InChI=1S/C21H37BrO5/c1-9-17(23)20(6,7)15(5)21(8,19(26)27)11-12(2)14(4)16(18(24)25)10-13(3)22/h12-16H,9-11H2,1-8H3,(H,24,25)(H,26,27). The predicted molar refractivity (Wildman–Crippen MR) is 111 cm³/mol. The van der Waals surface area contributed by atoms with Crippen LogP contribution in [0.5, 0.6) is 0 Å². The highest BCUT2D eigenvalue weighted by Crippen LogP contribution is 2.47. The molecular formula is C21H37BrO5. The van der Waals surface area contributed by atoms with Crippen molar-refractivity contribution >= 4 is 33.7 Å². The Balaban J connectivity index is 5.70. The quantitative estimate of drug-likeness (QED) is 0.397. The Bertz CT molecular complexity index is 543. The number of hydrogen-bond donors (Lipinski definition) is 2. The van der Waals surface area contributed by atoms with Crippen molar-refractivity contribution in [2.45, 2.75) is 79.5 Å². The van der Waals surface area contributed by atoms with E-state index in [2.05, 4.69) is 15.9 Å². The average molecular weight is 449 g/mol. The van der Waals surface area contributed by atoms with E-state index in [1.807, 2.05) is 41.5 Å². The molecule has 0 bridgehead atoms. The van der Waals surface area contributed by atoms with Crippen LogP contribution in [0.25, 0.3) is 0 Å².